The Labute approximate surface area is 155 Å². The van der Waals surface area contributed by atoms with Crippen LogP contribution in [0.25, 0.3) is 0 Å². The zero-order valence-electron chi connectivity index (χ0n) is 17.3. The van der Waals surface area contributed by atoms with Crippen molar-refractivity contribution in [2.24, 2.45) is 11.8 Å². The molecule has 1 aliphatic carbocycles. The van der Waals surface area contributed by atoms with Gasteiger partial charge in [-0.05, 0) is 64.7 Å². The number of hydrogen-bond donors (Lipinski definition) is 2. The lowest BCUT2D eigenvalue weighted by Crippen LogP contribution is -2.55. The van der Waals surface area contributed by atoms with E-state index < -0.39 is 0 Å². The SMILES string of the molecule is CC.CC(C)(C1CCN(N)CC1)N1CCC(O)CC1.COC1CCC1. The van der Waals surface area contributed by atoms with E-state index >= 15 is 0 Å². The van der Waals surface area contributed by atoms with E-state index in [1.807, 2.05) is 18.9 Å². The van der Waals surface area contributed by atoms with Crippen molar-refractivity contribution >= 4 is 0 Å². The van der Waals surface area contributed by atoms with Gasteiger partial charge in [0.2, 0.25) is 0 Å². The first-order valence-electron chi connectivity index (χ1n) is 10.4. The number of aliphatic hydroxyl groups is 1. The second-order valence-corrected chi connectivity index (χ2v) is 7.97. The van der Waals surface area contributed by atoms with Gasteiger partial charge in [0, 0.05) is 38.8 Å². The summed E-state index contributed by atoms with van der Waals surface area (Å²) >= 11 is 0. The summed E-state index contributed by atoms with van der Waals surface area (Å²) in [5.41, 5.74) is 0.251. The van der Waals surface area contributed by atoms with Gasteiger partial charge in [-0.25, -0.2) is 5.01 Å². The lowest BCUT2D eigenvalue weighted by molar-refractivity contribution is -0.0145. The Kier molecular flexibility index (Phi) is 10.5. The highest BCUT2D eigenvalue weighted by molar-refractivity contribution is 4.93. The predicted molar refractivity (Wildman–Crippen MR) is 105 cm³/mol. The molecule has 3 N–H and O–H groups in total. The molecule has 150 valence electrons. The van der Waals surface area contributed by atoms with Crippen molar-refractivity contribution in [2.75, 3.05) is 33.3 Å². The number of piperidine rings is 2. The van der Waals surface area contributed by atoms with Gasteiger partial charge < -0.3 is 9.84 Å². The lowest BCUT2D eigenvalue weighted by Gasteiger charge is -2.48. The quantitative estimate of drug-likeness (QED) is 0.760. The van der Waals surface area contributed by atoms with Gasteiger partial charge >= 0.3 is 0 Å². The van der Waals surface area contributed by atoms with E-state index in [1.54, 1.807) is 7.11 Å². The van der Waals surface area contributed by atoms with Crippen LogP contribution < -0.4 is 5.84 Å². The summed E-state index contributed by atoms with van der Waals surface area (Å²) in [5.74, 6) is 6.56. The Morgan fingerprint density at radius 1 is 0.920 bits per heavy atom. The molecule has 0 bridgehead atoms. The van der Waals surface area contributed by atoms with E-state index in [0.717, 1.165) is 44.9 Å². The Hall–Kier alpha value is -0.200. The smallest absolute Gasteiger partial charge is 0.0571 e. The average molecular weight is 358 g/mol. The molecule has 0 radical (unpaired) electrons. The fraction of sp³-hybridized carbons (Fsp3) is 1.00. The zero-order chi connectivity index (χ0) is 18.9. The number of rotatable bonds is 3. The molecule has 0 spiro atoms. The molecule has 2 aliphatic heterocycles. The average Bonchev–Trinajstić information content (AvgIpc) is 2.57. The first kappa shape index (κ1) is 22.8. The Balaban J connectivity index is 0.000000326. The Morgan fingerprint density at radius 2 is 1.44 bits per heavy atom. The van der Waals surface area contributed by atoms with Gasteiger partial charge in [-0.1, -0.05) is 13.8 Å². The van der Waals surface area contributed by atoms with Crippen LogP contribution in [-0.4, -0.2) is 66.1 Å². The Morgan fingerprint density at radius 3 is 1.80 bits per heavy atom. The van der Waals surface area contributed by atoms with Crippen LogP contribution in [0.15, 0.2) is 0 Å². The van der Waals surface area contributed by atoms with Crippen molar-refractivity contribution in [1.29, 1.82) is 0 Å². The largest absolute Gasteiger partial charge is 0.393 e. The van der Waals surface area contributed by atoms with Crippen LogP contribution in [0.5, 0.6) is 0 Å². The topological polar surface area (TPSA) is 62.0 Å². The van der Waals surface area contributed by atoms with Gasteiger partial charge in [0.1, 0.15) is 0 Å². The van der Waals surface area contributed by atoms with E-state index in [9.17, 15) is 5.11 Å². The molecule has 0 aromatic carbocycles. The Bertz CT molecular complexity index is 305. The van der Waals surface area contributed by atoms with Gasteiger partial charge in [0.25, 0.3) is 0 Å². The van der Waals surface area contributed by atoms with E-state index in [0.29, 0.717) is 6.10 Å². The fourth-order valence-electron chi connectivity index (χ4n) is 3.91. The van der Waals surface area contributed by atoms with E-state index in [4.69, 9.17) is 10.6 Å². The van der Waals surface area contributed by atoms with Crippen LogP contribution >= 0.6 is 0 Å². The molecule has 1 saturated carbocycles. The molecule has 0 unspecified atom stereocenters. The van der Waals surface area contributed by atoms with Crippen LogP contribution in [0.4, 0.5) is 0 Å². The highest BCUT2D eigenvalue weighted by Crippen LogP contribution is 2.34. The summed E-state index contributed by atoms with van der Waals surface area (Å²) in [6.07, 6.45) is 8.74. The predicted octanol–water partition coefficient (Wildman–Crippen LogP) is 3.02. The third kappa shape index (κ3) is 7.14. The maximum atomic E-state index is 9.59. The third-order valence-electron chi connectivity index (χ3n) is 6.19. The standard InChI is InChI=1S/C13H27N3O.C5H10O.C2H6/c1-13(2,11-3-9-16(14)10-4-11)15-7-5-12(17)6-8-15;1-6-5-3-2-4-5;1-2/h11-12,17H,3-10,14H2,1-2H3;5H,2-4H2,1H3;1-2H3. The van der Waals surface area contributed by atoms with Crippen LogP contribution in [0.3, 0.4) is 0 Å². The highest BCUT2D eigenvalue weighted by atomic mass is 16.5. The van der Waals surface area contributed by atoms with Gasteiger partial charge in [-0.15, -0.1) is 0 Å². The molecule has 3 fully saturated rings. The molecular weight excluding hydrogens is 314 g/mol. The number of hydrazine groups is 1. The molecule has 2 saturated heterocycles. The van der Waals surface area contributed by atoms with Gasteiger partial charge in [0.15, 0.2) is 0 Å². The maximum absolute atomic E-state index is 9.59. The van der Waals surface area contributed by atoms with Crippen LogP contribution in [-0.2, 0) is 4.74 Å². The first-order valence-corrected chi connectivity index (χ1v) is 10.4. The minimum atomic E-state index is -0.0760. The zero-order valence-corrected chi connectivity index (χ0v) is 17.3. The normalized spacial score (nSPS) is 24.6. The third-order valence-corrected chi connectivity index (χ3v) is 6.19. The number of hydrogen-bond acceptors (Lipinski definition) is 5. The molecule has 25 heavy (non-hydrogen) atoms. The lowest BCUT2D eigenvalue weighted by atomic mass is 9.78. The van der Waals surface area contributed by atoms with Crippen molar-refractivity contribution in [1.82, 2.24) is 9.91 Å². The van der Waals surface area contributed by atoms with Crippen LogP contribution in [0.2, 0.25) is 0 Å². The van der Waals surface area contributed by atoms with Crippen molar-refractivity contribution in [3.8, 4) is 0 Å². The molecule has 0 aromatic rings. The minimum Gasteiger partial charge on any atom is -0.393 e. The van der Waals surface area contributed by atoms with E-state index in [2.05, 4.69) is 18.7 Å². The number of nitrogens with two attached hydrogens (primary N) is 1. The molecule has 0 aromatic heterocycles. The monoisotopic (exact) mass is 357 g/mol. The minimum absolute atomic E-state index is 0.0760. The molecule has 3 aliphatic rings. The molecule has 5 nitrogen and oxygen atoms in total. The molecule has 0 amide bonds. The van der Waals surface area contributed by atoms with E-state index in [1.165, 1.54) is 32.1 Å². The molecular formula is C20H43N3O2. The second-order valence-electron chi connectivity index (χ2n) is 7.97. The summed E-state index contributed by atoms with van der Waals surface area (Å²) < 4.78 is 4.99. The number of aliphatic hydroxyl groups excluding tert-OH is 1. The molecule has 3 rings (SSSR count). The highest BCUT2D eigenvalue weighted by Gasteiger charge is 2.38. The number of ether oxygens (including phenoxy) is 1. The van der Waals surface area contributed by atoms with Crippen LogP contribution in [0.1, 0.15) is 72.6 Å². The summed E-state index contributed by atoms with van der Waals surface area (Å²) in [7, 11) is 1.78. The first-order chi connectivity index (χ1) is 11.9. The molecule has 0 atom stereocenters. The van der Waals surface area contributed by atoms with Crippen molar-refractivity contribution in [3.05, 3.63) is 0 Å². The molecule has 5 heteroatoms. The van der Waals surface area contributed by atoms with Crippen molar-refractivity contribution in [2.45, 2.75) is 90.4 Å². The van der Waals surface area contributed by atoms with Crippen molar-refractivity contribution in [3.63, 3.8) is 0 Å². The fourth-order valence-corrected chi connectivity index (χ4v) is 3.91. The number of methoxy groups -OCH3 is 1. The van der Waals surface area contributed by atoms with Gasteiger partial charge in [-0.2, -0.15) is 0 Å². The summed E-state index contributed by atoms with van der Waals surface area (Å²) in [6, 6.07) is 0. The van der Waals surface area contributed by atoms with Gasteiger partial charge in [0.05, 0.1) is 12.2 Å². The van der Waals surface area contributed by atoms with Crippen LogP contribution in [0, 0.1) is 5.92 Å². The van der Waals surface area contributed by atoms with E-state index in [-0.39, 0.29) is 11.6 Å². The summed E-state index contributed by atoms with van der Waals surface area (Å²) in [6.45, 7) is 12.8. The van der Waals surface area contributed by atoms with Gasteiger partial charge in [-0.3, -0.25) is 10.7 Å². The number of likely N-dealkylation sites (tertiary alicyclic amines) is 1. The molecule has 2 heterocycles. The number of nitrogens with zero attached hydrogens (tertiary/aromatic N) is 2. The summed E-state index contributed by atoms with van der Waals surface area (Å²) in [5, 5.41) is 11.5. The second kappa shape index (κ2) is 11.5. The summed E-state index contributed by atoms with van der Waals surface area (Å²) in [4.78, 5) is 2.57. The maximum Gasteiger partial charge on any atom is 0.0571 e. The van der Waals surface area contributed by atoms with Crippen molar-refractivity contribution < 1.29 is 9.84 Å².